The van der Waals surface area contributed by atoms with Crippen molar-refractivity contribution in [3.05, 3.63) is 117 Å². The van der Waals surface area contributed by atoms with Crippen molar-refractivity contribution < 1.29 is 0 Å². The molecular formula is C28H20BrN. The fourth-order valence-electron chi connectivity index (χ4n) is 5.89. The Bertz CT molecular complexity index is 1450. The summed E-state index contributed by atoms with van der Waals surface area (Å²) in [7, 11) is 0. The smallest absolute Gasteiger partial charge is 0.0629 e. The predicted molar refractivity (Wildman–Crippen MR) is 128 cm³/mol. The van der Waals surface area contributed by atoms with E-state index in [1.54, 1.807) is 5.57 Å². The number of nitrogens with zero attached hydrogens (tertiary/aromatic N) is 1. The summed E-state index contributed by atoms with van der Waals surface area (Å²) < 4.78 is 3.69. The van der Waals surface area contributed by atoms with E-state index >= 15 is 0 Å². The lowest BCUT2D eigenvalue weighted by atomic mass is 9.78. The van der Waals surface area contributed by atoms with E-state index in [0.717, 1.165) is 17.3 Å². The first-order valence-electron chi connectivity index (χ1n) is 10.7. The summed E-state index contributed by atoms with van der Waals surface area (Å²) in [5.74, 6) is 0.367. The Morgan fingerprint density at radius 2 is 1.80 bits per heavy atom. The van der Waals surface area contributed by atoms with Gasteiger partial charge in [-0.1, -0.05) is 76.7 Å². The van der Waals surface area contributed by atoms with E-state index in [1.807, 2.05) is 0 Å². The van der Waals surface area contributed by atoms with Crippen molar-refractivity contribution in [3.63, 3.8) is 0 Å². The standard InChI is InChI=1S/C28H20BrN/c29-17-12-14-27-24(16-17)20-8-3-4-11-25(20)30(27)26-15-13-22-19-7-2-1-6-18(19)21-9-5-10-23(26)28(21)22/h2-5,7-16,23,26H,1,6H2. The summed E-state index contributed by atoms with van der Waals surface area (Å²) in [6.45, 7) is 0. The number of para-hydroxylation sites is 1. The molecule has 2 atom stereocenters. The molecule has 1 heterocycles. The molecule has 0 saturated carbocycles. The van der Waals surface area contributed by atoms with Gasteiger partial charge in [-0.05, 0) is 65.0 Å². The van der Waals surface area contributed by atoms with Gasteiger partial charge in [-0.2, -0.15) is 0 Å². The second-order valence-electron chi connectivity index (χ2n) is 8.55. The first-order chi connectivity index (χ1) is 14.8. The van der Waals surface area contributed by atoms with Crippen molar-refractivity contribution in [2.75, 3.05) is 0 Å². The Labute approximate surface area is 184 Å². The normalized spacial score (nSPS) is 24.1. The van der Waals surface area contributed by atoms with Gasteiger partial charge in [0.2, 0.25) is 0 Å². The summed E-state index contributed by atoms with van der Waals surface area (Å²) in [5, 5.41) is 2.64. The predicted octanol–water partition coefficient (Wildman–Crippen LogP) is 7.74. The molecule has 0 fully saturated rings. The highest BCUT2D eigenvalue weighted by Crippen LogP contribution is 2.53. The van der Waals surface area contributed by atoms with Crippen LogP contribution in [0.2, 0.25) is 0 Å². The molecule has 144 valence electrons. The van der Waals surface area contributed by atoms with Crippen molar-refractivity contribution in [1.29, 1.82) is 0 Å². The molecule has 0 bridgehead atoms. The maximum Gasteiger partial charge on any atom is 0.0629 e. The van der Waals surface area contributed by atoms with E-state index in [1.165, 1.54) is 44.1 Å². The summed E-state index contributed by atoms with van der Waals surface area (Å²) >= 11 is 3.68. The first-order valence-corrected chi connectivity index (χ1v) is 11.5. The van der Waals surface area contributed by atoms with Crippen LogP contribution < -0.4 is 0 Å². The molecule has 30 heavy (non-hydrogen) atoms. The maximum absolute atomic E-state index is 3.68. The largest absolute Gasteiger partial charge is 0.332 e. The van der Waals surface area contributed by atoms with E-state index in [0.29, 0.717) is 5.92 Å². The Hall–Kier alpha value is -2.84. The number of benzene rings is 2. The van der Waals surface area contributed by atoms with E-state index in [2.05, 4.69) is 105 Å². The van der Waals surface area contributed by atoms with Gasteiger partial charge in [0.1, 0.15) is 0 Å². The maximum atomic E-state index is 3.68. The highest BCUT2D eigenvalue weighted by molar-refractivity contribution is 9.10. The molecule has 3 aromatic rings. The molecule has 0 aliphatic heterocycles. The number of allylic oxidation sites excluding steroid dienone is 12. The lowest BCUT2D eigenvalue weighted by molar-refractivity contribution is 0.529. The van der Waals surface area contributed by atoms with Gasteiger partial charge in [0.05, 0.1) is 6.04 Å². The van der Waals surface area contributed by atoms with Crippen LogP contribution >= 0.6 is 15.9 Å². The first kappa shape index (κ1) is 16.9. The van der Waals surface area contributed by atoms with Crippen LogP contribution in [0, 0.1) is 5.92 Å². The van der Waals surface area contributed by atoms with Crippen molar-refractivity contribution in [3.8, 4) is 0 Å². The van der Waals surface area contributed by atoms with Crippen molar-refractivity contribution in [2.45, 2.75) is 18.9 Å². The zero-order chi connectivity index (χ0) is 19.8. The van der Waals surface area contributed by atoms with Gasteiger partial charge in [0.15, 0.2) is 0 Å². The third-order valence-electron chi connectivity index (χ3n) is 7.08. The minimum Gasteiger partial charge on any atom is -0.332 e. The number of hydrogen-bond acceptors (Lipinski definition) is 0. The van der Waals surface area contributed by atoms with Gasteiger partial charge in [0, 0.05) is 32.2 Å². The summed E-state index contributed by atoms with van der Waals surface area (Å²) in [6.07, 6.45) is 18.8. The number of halogens is 1. The monoisotopic (exact) mass is 449 g/mol. The molecule has 0 spiro atoms. The summed E-state index contributed by atoms with van der Waals surface area (Å²) in [5.41, 5.74) is 10.1. The topological polar surface area (TPSA) is 4.93 Å². The average Bonchev–Trinajstić information content (AvgIpc) is 3.29. The van der Waals surface area contributed by atoms with Gasteiger partial charge in [0.25, 0.3) is 0 Å². The van der Waals surface area contributed by atoms with Gasteiger partial charge >= 0.3 is 0 Å². The van der Waals surface area contributed by atoms with Gasteiger partial charge < -0.3 is 4.57 Å². The lowest BCUT2D eigenvalue weighted by Gasteiger charge is -2.32. The van der Waals surface area contributed by atoms with E-state index < -0.39 is 0 Å². The summed E-state index contributed by atoms with van der Waals surface area (Å²) in [6, 6.07) is 15.8. The molecular weight excluding hydrogens is 430 g/mol. The highest BCUT2D eigenvalue weighted by Gasteiger charge is 2.38. The number of rotatable bonds is 1. The number of hydrogen-bond donors (Lipinski definition) is 0. The lowest BCUT2D eigenvalue weighted by Crippen LogP contribution is -2.22. The van der Waals surface area contributed by atoms with Crippen molar-refractivity contribution in [1.82, 2.24) is 4.57 Å². The van der Waals surface area contributed by atoms with Crippen LogP contribution in [0.3, 0.4) is 0 Å². The van der Waals surface area contributed by atoms with Crippen molar-refractivity contribution in [2.24, 2.45) is 5.92 Å². The van der Waals surface area contributed by atoms with E-state index in [-0.39, 0.29) is 6.04 Å². The molecule has 2 heteroatoms. The van der Waals surface area contributed by atoms with Gasteiger partial charge in [-0.3, -0.25) is 0 Å². The second-order valence-corrected chi connectivity index (χ2v) is 9.47. The third-order valence-corrected chi connectivity index (χ3v) is 7.57. The van der Waals surface area contributed by atoms with Crippen LogP contribution in [-0.2, 0) is 0 Å². The summed E-state index contributed by atoms with van der Waals surface area (Å²) in [4.78, 5) is 0. The molecule has 0 N–H and O–H groups in total. The van der Waals surface area contributed by atoms with E-state index in [4.69, 9.17) is 0 Å². The van der Waals surface area contributed by atoms with Gasteiger partial charge in [-0.25, -0.2) is 0 Å². The number of fused-ring (bicyclic) bond motifs is 5. The molecule has 0 saturated heterocycles. The Kier molecular flexibility index (Phi) is 3.43. The van der Waals surface area contributed by atoms with Crippen LogP contribution in [0.15, 0.2) is 117 Å². The fraction of sp³-hybridized carbons (Fsp3) is 0.143. The van der Waals surface area contributed by atoms with Crippen molar-refractivity contribution >= 4 is 37.7 Å². The van der Waals surface area contributed by atoms with Crippen LogP contribution in [0.5, 0.6) is 0 Å². The molecule has 1 aromatic heterocycles. The van der Waals surface area contributed by atoms with Crippen LogP contribution in [0.4, 0.5) is 0 Å². The van der Waals surface area contributed by atoms with E-state index in [9.17, 15) is 0 Å². The minimum atomic E-state index is 0.276. The Balaban J connectivity index is 1.47. The highest BCUT2D eigenvalue weighted by atomic mass is 79.9. The molecule has 4 aliphatic carbocycles. The zero-order valence-electron chi connectivity index (χ0n) is 16.5. The molecule has 4 aliphatic rings. The van der Waals surface area contributed by atoms with Gasteiger partial charge in [-0.15, -0.1) is 0 Å². The molecule has 2 unspecified atom stereocenters. The van der Waals surface area contributed by atoms with Crippen LogP contribution in [0.1, 0.15) is 18.9 Å². The quantitative estimate of drug-likeness (QED) is 0.357. The average molecular weight is 450 g/mol. The Morgan fingerprint density at radius 3 is 2.77 bits per heavy atom. The van der Waals surface area contributed by atoms with Crippen LogP contribution in [-0.4, -0.2) is 4.57 Å². The molecule has 2 aromatic carbocycles. The van der Waals surface area contributed by atoms with Crippen LogP contribution in [0.25, 0.3) is 21.8 Å². The fourth-order valence-corrected chi connectivity index (χ4v) is 6.25. The molecule has 0 amide bonds. The number of aromatic nitrogens is 1. The second kappa shape index (κ2) is 6.09. The third kappa shape index (κ3) is 2.12. The molecule has 7 rings (SSSR count). The SMILES string of the molecule is Brc1ccc2c(c1)c1ccccc1n2C1C=CC2=C3C(=CC=CC31)C1=C2C=CCC1. The molecule has 1 nitrogen and oxygen atoms in total. The molecule has 0 radical (unpaired) electrons. The zero-order valence-corrected chi connectivity index (χ0v) is 18.1. The Morgan fingerprint density at radius 1 is 0.900 bits per heavy atom. The minimum absolute atomic E-state index is 0.276.